The molecule has 0 aliphatic rings. The average molecular weight is 758 g/mol. The van der Waals surface area contributed by atoms with Crippen molar-refractivity contribution < 1.29 is 32.8 Å². The van der Waals surface area contributed by atoms with Crippen molar-refractivity contribution in [1.82, 2.24) is 0 Å². The molecule has 0 aromatic heterocycles. The van der Waals surface area contributed by atoms with Crippen molar-refractivity contribution in [2.24, 2.45) is 5.73 Å². The number of hydrogen-bond acceptors (Lipinski definition) is 7. The number of nitrogens with two attached hydrogens (primary N) is 1. The van der Waals surface area contributed by atoms with Crippen molar-refractivity contribution in [1.29, 1.82) is 0 Å². The first-order valence-electron chi connectivity index (χ1n) is 21.9. The van der Waals surface area contributed by atoms with Crippen LogP contribution in [0, 0.1) is 0 Å². The number of carbonyl (C=O) groups excluding carboxylic acids is 1. The molecule has 0 aromatic carbocycles. The highest BCUT2D eigenvalue weighted by Crippen LogP contribution is 2.43. The summed E-state index contributed by atoms with van der Waals surface area (Å²) in [5.74, 6) is -0.352. The van der Waals surface area contributed by atoms with Gasteiger partial charge in [-0.2, -0.15) is 0 Å². The van der Waals surface area contributed by atoms with Crippen LogP contribution in [0.15, 0.2) is 24.5 Å². The van der Waals surface area contributed by atoms with E-state index in [1.807, 2.05) is 6.08 Å². The highest BCUT2D eigenvalue weighted by molar-refractivity contribution is 7.47. The second kappa shape index (κ2) is 41.0. The number of esters is 1. The third-order valence-corrected chi connectivity index (χ3v) is 10.4. The number of allylic oxidation sites excluding steroid dienone is 3. The lowest BCUT2D eigenvalue weighted by atomic mass is 10.0. The van der Waals surface area contributed by atoms with Crippen LogP contribution in [0.4, 0.5) is 0 Å². The SMILES string of the molecule is CCCCCCCCC=CCCCCCCCCCCCC(=O)O[C@H](COC=CCCCCCCCCCCCCCC)COP(=O)(O)OCCN. The summed E-state index contributed by atoms with van der Waals surface area (Å²) in [6.45, 7) is 4.26. The Labute approximate surface area is 321 Å². The van der Waals surface area contributed by atoms with Crippen molar-refractivity contribution in [3.8, 4) is 0 Å². The molecule has 308 valence electrons. The molecule has 9 heteroatoms. The molecule has 1 unspecified atom stereocenters. The van der Waals surface area contributed by atoms with E-state index in [0.29, 0.717) is 6.42 Å². The van der Waals surface area contributed by atoms with Crippen LogP contribution in [-0.4, -0.2) is 43.3 Å². The highest BCUT2D eigenvalue weighted by atomic mass is 31.2. The van der Waals surface area contributed by atoms with E-state index in [2.05, 4.69) is 26.0 Å². The second-order valence-corrected chi connectivity index (χ2v) is 16.1. The molecule has 0 saturated carbocycles. The van der Waals surface area contributed by atoms with Crippen LogP contribution in [0.2, 0.25) is 0 Å². The molecule has 0 aliphatic carbocycles. The zero-order valence-electron chi connectivity index (χ0n) is 34.1. The minimum absolute atomic E-state index is 0.0348. The lowest BCUT2D eigenvalue weighted by Crippen LogP contribution is -2.27. The summed E-state index contributed by atoms with van der Waals surface area (Å²) in [7, 11) is -4.29. The Morgan fingerprint density at radius 2 is 0.981 bits per heavy atom. The van der Waals surface area contributed by atoms with Crippen LogP contribution in [0.25, 0.3) is 0 Å². The number of carbonyl (C=O) groups is 1. The minimum Gasteiger partial charge on any atom is -0.498 e. The Morgan fingerprint density at radius 1 is 0.577 bits per heavy atom. The largest absolute Gasteiger partial charge is 0.498 e. The minimum atomic E-state index is -4.29. The Bertz CT molecular complexity index is 853. The molecule has 0 saturated heterocycles. The maximum absolute atomic E-state index is 12.6. The molecule has 8 nitrogen and oxygen atoms in total. The van der Waals surface area contributed by atoms with E-state index in [1.54, 1.807) is 6.26 Å². The second-order valence-electron chi connectivity index (χ2n) is 14.6. The molecular weight excluding hydrogens is 673 g/mol. The van der Waals surface area contributed by atoms with Gasteiger partial charge in [-0.25, -0.2) is 4.57 Å². The van der Waals surface area contributed by atoms with Crippen LogP contribution in [0.5, 0.6) is 0 Å². The van der Waals surface area contributed by atoms with Gasteiger partial charge < -0.3 is 20.1 Å². The Morgan fingerprint density at radius 3 is 1.42 bits per heavy atom. The van der Waals surface area contributed by atoms with E-state index in [1.165, 1.54) is 161 Å². The molecule has 0 amide bonds. The summed E-state index contributed by atoms with van der Waals surface area (Å²) < 4.78 is 33.2. The standard InChI is InChI=1S/C43H84NO7P/c1-3-5-7-9-11-13-15-17-19-20-21-22-23-24-26-28-30-32-34-36-43(45)51-42(41-50-52(46,47)49-39-37-44)40-48-38-35-33-31-29-27-25-18-16-14-12-10-8-6-4-2/h17,19,35,38,42H,3-16,18,20-34,36-37,39-41,44H2,1-2H3,(H,46,47)/t42-/m1/s1. The Balaban J connectivity index is 4.04. The van der Waals surface area contributed by atoms with Crippen molar-refractivity contribution >= 4 is 13.8 Å². The predicted octanol–water partition coefficient (Wildman–Crippen LogP) is 13.2. The molecule has 2 atom stereocenters. The number of unbranched alkanes of at least 4 members (excludes halogenated alkanes) is 27. The number of phosphoric ester groups is 1. The van der Waals surface area contributed by atoms with Crippen molar-refractivity contribution in [2.75, 3.05) is 26.4 Å². The van der Waals surface area contributed by atoms with Gasteiger partial charge in [0.05, 0.1) is 19.5 Å². The number of ether oxygens (including phenoxy) is 2. The van der Waals surface area contributed by atoms with Crippen molar-refractivity contribution in [3.05, 3.63) is 24.5 Å². The van der Waals surface area contributed by atoms with E-state index < -0.39 is 13.9 Å². The third kappa shape index (κ3) is 40.0. The first-order chi connectivity index (χ1) is 25.4. The van der Waals surface area contributed by atoms with Crippen LogP contribution in [-0.2, 0) is 27.9 Å². The molecule has 0 bridgehead atoms. The van der Waals surface area contributed by atoms with Gasteiger partial charge in [0.2, 0.25) is 0 Å². The summed E-state index contributed by atoms with van der Waals surface area (Å²) in [6, 6.07) is 0. The predicted molar refractivity (Wildman–Crippen MR) is 219 cm³/mol. The molecule has 3 N–H and O–H groups in total. The molecule has 0 rings (SSSR count). The maximum Gasteiger partial charge on any atom is 0.472 e. The van der Waals surface area contributed by atoms with Gasteiger partial charge >= 0.3 is 13.8 Å². The monoisotopic (exact) mass is 758 g/mol. The molecule has 52 heavy (non-hydrogen) atoms. The lowest BCUT2D eigenvalue weighted by Gasteiger charge is -2.19. The van der Waals surface area contributed by atoms with Crippen molar-refractivity contribution in [2.45, 2.75) is 219 Å². The molecule has 0 heterocycles. The van der Waals surface area contributed by atoms with E-state index >= 15 is 0 Å². The summed E-state index contributed by atoms with van der Waals surface area (Å²) in [4.78, 5) is 22.4. The first-order valence-corrected chi connectivity index (χ1v) is 23.4. The summed E-state index contributed by atoms with van der Waals surface area (Å²) >= 11 is 0. The maximum atomic E-state index is 12.6. The number of rotatable bonds is 42. The quantitative estimate of drug-likeness (QED) is 0.0208. The lowest BCUT2D eigenvalue weighted by molar-refractivity contribution is -0.153. The number of phosphoric acid groups is 1. The van der Waals surface area contributed by atoms with Crippen LogP contribution in [0.3, 0.4) is 0 Å². The fraction of sp³-hybridized carbons (Fsp3) is 0.884. The van der Waals surface area contributed by atoms with Crippen molar-refractivity contribution in [3.63, 3.8) is 0 Å². The van der Waals surface area contributed by atoms with Gasteiger partial charge in [0.1, 0.15) is 6.61 Å². The molecule has 0 aliphatic heterocycles. The van der Waals surface area contributed by atoms with E-state index in [-0.39, 0.29) is 32.3 Å². The summed E-state index contributed by atoms with van der Waals surface area (Å²) in [5, 5.41) is 0. The highest BCUT2D eigenvalue weighted by Gasteiger charge is 2.25. The summed E-state index contributed by atoms with van der Waals surface area (Å²) in [6.07, 6.45) is 45.7. The molecule has 0 spiro atoms. The van der Waals surface area contributed by atoms with Gasteiger partial charge in [-0.05, 0) is 51.0 Å². The fourth-order valence-corrected chi connectivity index (χ4v) is 6.96. The van der Waals surface area contributed by atoms with Crippen LogP contribution in [0.1, 0.15) is 213 Å². The van der Waals surface area contributed by atoms with E-state index in [9.17, 15) is 14.3 Å². The number of hydrogen-bond donors (Lipinski definition) is 2. The molecule has 0 aromatic rings. The van der Waals surface area contributed by atoms with E-state index in [0.717, 1.165) is 32.1 Å². The molecule has 0 fully saturated rings. The van der Waals surface area contributed by atoms with Gasteiger partial charge in [-0.15, -0.1) is 0 Å². The average Bonchev–Trinajstić information content (AvgIpc) is 3.13. The Kier molecular flexibility index (Phi) is 40.1. The molecular formula is C43H84NO7P. The van der Waals surface area contributed by atoms with Gasteiger partial charge in [0.25, 0.3) is 0 Å². The van der Waals surface area contributed by atoms with Gasteiger partial charge in [0, 0.05) is 13.0 Å². The third-order valence-electron chi connectivity index (χ3n) is 9.44. The van der Waals surface area contributed by atoms with Gasteiger partial charge in [0.15, 0.2) is 6.10 Å². The Hall–Kier alpha value is -1.18. The topological polar surface area (TPSA) is 117 Å². The zero-order valence-corrected chi connectivity index (χ0v) is 35.0. The molecule has 0 radical (unpaired) electrons. The first kappa shape index (κ1) is 50.8. The van der Waals surface area contributed by atoms with Gasteiger partial charge in [-0.1, -0.05) is 174 Å². The fourth-order valence-electron chi connectivity index (χ4n) is 6.19. The van der Waals surface area contributed by atoms with Crippen LogP contribution >= 0.6 is 7.82 Å². The smallest absolute Gasteiger partial charge is 0.472 e. The van der Waals surface area contributed by atoms with Crippen LogP contribution < -0.4 is 5.73 Å². The van der Waals surface area contributed by atoms with E-state index in [4.69, 9.17) is 24.3 Å². The van der Waals surface area contributed by atoms with Gasteiger partial charge in [-0.3, -0.25) is 13.8 Å². The summed E-state index contributed by atoms with van der Waals surface area (Å²) in [5.41, 5.74) is 5.36. The zero-order chi connectivity index (χ0) is 38.1. The normalized spacial score (nSPS) is 13.6.